The topological polar surface area (TPSA) is 37.3 Å². The monoisotopic (exact) mass is 393 g/mol. The fourth-order valence-electron chi connectivity index (χ4n) is 3.08. The van der Waals surface area contributed by atoms with Gasteiger partial charge in [0.05, 0.1) is 5.41 Å². The molecule has 0 saturated heterocycles. The number of aryl methyl sites for hydroxylation is 2. The standard InChI is InChI=1S/C13H17.C5H10O2.2ClH.Ti/c1-3-7-12-10(5-1)9-11-6-2-4-8-13(11)12;1-5(2,3)4(6)7;;;/h9H,1-8H2;1-3H3,(H,6,7);2*1H;/q-1;;;;+3/p-2. The van der Waals surface area contributed by atoms with E-state index in [-0.39, 0.29) is 46.5 Å². The van der Waals surface area contributed by atoms with Gasteiger partial charge in [0.15, 0.2) is 0 Å². The van der Waals surface area contributed by atoms with Crippen molar-refractivity contribution in [3.63, 3.8) is 0 Å². The molecule has 1 aromatic carbocycles. The third kappa shape index (κ3) is 6.86. The number of fused-ring (bicyclic) bond motifs is 3. The zero-order valence-corrected chi connectivity index (χ0v) is 17.4. The quantitative estimate of drug-likeness (QED) is 0.421. The summed E-state index contributed by atoms with van der Waals surface area (Å²) >= 11 is 0. The molecule has 2 aliphatic carbocycles. The van der Waals surface area contributed by atoms with Crippen molar-refractivity contribution < 1.29 is 56.4 Å². The molecule has 0 spiro atoms. The summed E-state index contributed by atoms with van der Waals surface area (Å²) in [6.07, 6.45) is 11.2. The summed E-state index contributed by atoms with van der Waals surface area (Å²) in [5, 5.41) is 8.25. The fourth-order valence-corrected chi connectivity index (χ4v) is 3.08. The van der Waals surface area contributed by atoms with Crippen LogP contribution in [0.4, 0.5) is 0 Å². The van der Waals surface area contributed by atoms with Gasteiger partial charge in [0.1, 0.15) is 0 Å². The van der Waals surface area contributed by atoms with Gasteiger partial charge in [0.2, 0.25) is 0 Å². The van der Waals surface area contributed by atoms with E-state index >= 15 is 0 Å². The smallest absolute Gasteiger partial charge is 1.00 e. The Morgan fingerprint density at radius 1 is 0.870 bits per heavy atom. The van der Waals surface area contributed by atoms with E-state index in [2.05, 4.69) is 6.07 Å². The molecule has 0 aromatic heterocycles. The van der Waals surface area contributed by atoms with Crippen molar-refractivity contribution in [3.05, 3.63) is 28.3 Å². The molecule has 0 heterocycles. The molecule has 129 valence electrons. The second kappa shape index (κ2) is 10.9. The van der Waals surface area contributed by atoms with Gasteiger partial charge in [-0.3, -0.25) is 4.79 Å². The van der Waals surface area contributed by atoms with Crippen molar-refractivity contribution in [2.45, 2.75) is 72.1 Å². The summed E-state index contributed by atoms with van der Waals surface area (Å²) in [5.74, 6) is -0.757. The van der Waals surface area contributed by atoms with Gasteiger partial charge in [-0.05, 0) is 20.8 Å². The van der Waals surface area contributed by atoms with Gasteiger partial charge in [-0.25, -0.2) is 0 Å². The first kappa shape index (κ1) is 25.4. The largest absolute Gasteiger partial charge is 3.00 e. The molecule has 2 nitrogen and oxygen atoms in total. The molecule has 0 amide bonds. The minimum Gasteiger partial charge on any atom is -1.00 e. The number of carbonyl (C=O) groups is 1. The Kier molecular flexibility index (Phi) is 12.0. The van der Waals surface area contributed by atoms with Gasteiger partial charge in [0.25, 0.3) is 0 Å². The Labute approximate surface area is 167 Å². The first-order valence-electron chi connectivity index (χ1n) is 7.92. The van der Waals surface area contributed by atoms with Gasteiger partial charge >= 0.3 is 27.7 Å². The number of aliphatic carboxylic acids is 1. The first-order chi connectivity index (χ1) is 9.39. The number of hydrogen-bond acceptors (Lipinski definition) is 1. The van der Waals surface area contributed by atoms with Crippen LogP contribution in [-0.4, -0.2) is 11.1 Å². The van der Waals surface area contributed by atoms with Crippen molar-refractivity contribution >= 4 is 5.97 Å². The second-order valence-corrected chi connectivity index (χ2v) is 7.12. The number of halogens is 2. The summed E-state index contributed by atoms with van der Waals surface area (Å²) in [4.78, 5) is 10.0. The average molecular weight is 394 g/mol. The van der Waals surface area contributed by atoms with E-state index < -0.39 is 11.4 Å². The number of carboxylic acid groups (broad SMARTS) is 1. The van der Waals surface area contributed by atoms with Gasteiger partial charge < -0.3 is 29.9 Å². The predicted octanol–water partition coefficient (Wildman–Crippen LogP) is -1.71. The molecular formula is C18H27Cl2O2Ti. The summed E-state index contributed by atoms with van der Waals surface area (Å²) in [6.45, 7) is 4.99. The van der Waals surface area contributed by atoms with Crippen LogP contribution in [0.2, 0.25) is 0 Å². The summed E-state index contributed by atoms with van der Waals surface area (Å²) in [7, 11) is 0. The van der Waals surface area contributed by atoms with E-state index in [0.29, 0.717) is 0 Å². The van der Waals surface area contributed by atoms with Crippen molar-refractivity contribution in [2.24, 2.45) is 5.41 Å². The molecule has 3 rings (SSSR count). The Morgan fingerprint density at radius 3 is 1.48 bits per heavy atom. The van der Waals surface area contributed by atoms with E-state index in [0.717, 1.165) is 0 Å². The number of hydrogen-bond donors (Lipinski definition) is 1. The Morgan fingerprint density at radius 2 is 1.17 bits per heavy atom. The molecule has 0 aliphatic heterocycles. The van der Waals surface area contributed by atoms with Gasteiger partial charge in [-0.15, -0.1) is 0 Å². The number of carboxylic acids is 1. The number of rotatable bonds is 0. The van der Waals surface area contributed by atoms with Crippen LogP contribution in [0, 0.1) is 5.41 Å². The SMILES string of the molecule is CC(C)(C)C(=O)O.[Cl-].[Cl-].[Ti+3].[cH-]1c2c(c3c1CCCC3)CCCC2. The summed E-state index contributed by atoms with van der Waals surface area (Å²) < 4.78 is 0. The molecule has 2 aliphatic rings. The van der Waals surface area contributed by atoms with Crippen LogP contribution in [0.15, 0.2) is 6.07 Å². The third-order valence-electron chi connectivity index (χ3n) is 4.38. The molecule has 1 aromatic rings. The van der Waals surface area contributed by atoms with Gasteiger partial charge in [-0.1, -0.05) is 51.4 Å². The maximum Gasteiger partial charge on any atom is 3.00 e. The molecule has 5 heteroatoms. The maximum atomic E-state index is 10.0. The zero-order valence-electron chi connectivity index (χ0n) is 14.3. The van der Waals surface area contributed by atoms with Crippen LogP contribution in [0.25, 0.3) is 0 Å². The molecule has 0 saturated carbocycles. The van der Waals surface area contributed by atoms with Crippen molar-refractivity contribution in [3.8, 4) is 0 Å². The average Bonchev–Trinajstić information content (AvgIpc) is 2.77. The molecular weight excluding hydrogens is 367 g/mol. The normalized spacial score (nSPS) is 15.3. The van der Waals surface area contributed by atoms with Crippen LogP contribution in [0.5, 0.6) is 0 Å². The van der Waals surface area contributed by atoms with E-state index in [1.807, 2.05) is 0 Å². The van der Waals surface area contributed by atoms with Crippen molar-refractivity contribution in [1.29, 1.82) is 0 Å². The second-order valence-electron chi connectivity index (χ2n) is 7.12. The van der Waals surface area contributed by atoms with Crippen LogP contribution >= 0.6 is 0 Å². The summed E-state index contributed by atoms with van der Waals surface area (Å²) in [5.41, 5.74) is 6.36. The van der Waals surface area contributed by atoms with Crippen LogP contribution < -0.4 is 24.8 Å². The fraction of sp³-hybridized carbons (Fsp3) is 0.667. The first-order valence-corrected chi connectivity index (χ1v) is 7.92. The van der Waals surface area contributed by atoms with Crippen LogP contribution in [-0.2, 0) is 52.2 Å². The molecule has 0 fully saturated rings. The van der Waals surface area contributed by atoms with E-state index in [1.165, 1.54) is 51.4 Å². The Bertz CT molecular complexity index is 459. The molecule has 1 radical (unpaired) electrons. The van der Waals surface area contributed by atoms with E-state index in [1.54, 1.807) is 43.0 Å². The van der Waals surface area contributed by atoms with Crippen LogP contribution in [0.1, 0.15) is 68.7 Å². The zero-order chi connectivity index (χ0) is 14.8. The molecule has 0 atom stereocenters. The van der Waals surface area contributed by atoms with Crippen molar-refractivity contribution in [2.75, 3.05) is 0 Å². The molecule has 0 unspecified atom stereocenters. The Hall–Kier alpha value is 0.114. The Balaban J connectivity index is 0. The third-order valence-corrected chi connectivity index (χ3v) is 4.38. The molecule has 1 N–H and O–H groups in total. The maximum absolute atomic E-state index is 10.0. The summed E-state index contributed by atoms with van der Waals surface area (Å²) in [6, 6.07) is 2.52. The van der Waals surface area contributed by atoms with Crippen LogP contribution in [0.3, 0.4) is 0 Å². The van der Waals surface area contributed by atoms with Gasteiger partial charge in [0, 0.05) is 0 Å². The minimum atomic E-state index is -0.757. The van der Waals surface area contributed by atoms with E-state index in [9.17, 15) is 4.79 Å². The minimum absolute atomic E-state index is 0. The molecule has 0 bridgehead atoms. The molecule has 23 heavy (non-hydrogen) atoms. The van der Waals surface area contributed by atoms with E-state index in [4.69, 9.17) is 5.11 Å². The predicted molar refractivity (Wildman–Crippen MR) is 82.4 cm³/mol. The van der Waals surface area contributed by atoms with Crippen molar-refractivity contribution in [1.82, 2.24) is 0 Å². The van der Waals surface area contributed by atoms with Gasteiger partial charge in [-0.2, -0.15) is 28.3 Å².